The molecule has 0 aliphatic carbocycles. The Morgan fingerprint density at radius 1 is 0.893 bits per heavy atom. The lowest BCUT2D eigenvalue weighted by Gasteiger charge is -2.30. The topological polar surface area (TPSA) is 61.4 Å². The minimum absolute atomic E-state index is 0.0617. The summed E-state index contributed by atoms with van der Waals surface area (Å²) in [5.74, 6) is -1.70. The highest BCUT2D eigenvalue weighted by Gasteiger charge is 2.21. The quantitative estimate of drug-likeness (QED) is 0.702. The van der Waals surface area contributed by atoms with E-state index in [2.05, 4.69) is 14.9 Å². The maximum atomic E-state index is 13.4. The van der Waals surface area contributed by atoms with E-state index in [1.165, 1.54) is 6.07 Å². The number of halogens is 2. The molecule has 0 saturated carbocycles. The van der Waals surface area contributed by atoms with Gasteiger partial charge in [-0.1, -0.05) is 24.3 Å². The predicted octanol–water partition coefficient (Wildman–Crippen LogP) is 3.33. The van der Waals surface area contributed by atoms with Crippen LogP contribution in [0, 0.1) is 11.6 Å². The van der Waals surface area contributed by atoms with Gasteiger partial charge in [0.1, 0.15) is 11.6 Å². The third-order valence-corrected chi connectivity index (χ3v) is 6.16. The SMILES string of the molecule is O=S(=O)(Nc1cc(F)cc(F)c1)c1ccc(N2CCNCC2)c2ccccc12. The largest absolute Gasteiger partial charge is 0.368 e. The van der Waals surface area contributed by atoms with Gasteiger partial charge in [0.15, 0.2) is 0 Å². The van der Waals surface area contributed by atoms with Crippen molar-refractivity contribution in [3.05, 3.63) is 66.2 Å². The zero-order valence-corrected chi connectivity index (χ0v) is 15.8. The minimum Gasteiger partial charge on any atom is -0.368 e. The third kappa shape index (κ3) is 3.65. The van der Waals surface area contributed by atoms with Crippen molar-refractivity contribution in [2.24, 2.45) is 0 Å². The van der Waals surface area contributed by atoms with Gasteiger partial charge in [-0.3, -0.25) is 4.72 Å². The van der Waals surface area contributed by atoms with Gasteiger partial charge in [-0.25, -0.2) is 17.2 Å². The standard InChI is InChI=1S/C20H19F2N3O2S/c21-14-11-15(22)13-16(12-14)24-28(26,27)20-6-5-19(25-9-7-23-8-10-25)17-3-1-2-4-18(17)20/h1-6,11-13,23-24H,7-10H2. The van der Waals surface area contributed by atoms with Gasteiger partial charge in [0.25, 0.3) is 10.0 Å². The highest BCUT2D eigenvalue weighted by atomic mass is 32.2. The van der Waals surface area contributed by atoms with E-state index in [0.29, 0.717) is 11.5 Å². The molecule has 0 radical (unpaired) electrons. The molecule has 0 atom stereocenters. The number of fused-ring (bicyclic) bond motifs is 1. The van der Waals surface area contributed by atoms with Crippen LogP contribution in [0.25, 0.3) is 10.8 Å². The van der Waals surface area contributed by atoms with E-state index in [4.69, 9.17) is 0 Å². The van der Waals surface area contributed by atoms with Crippen LogP contribution in [0.1, 0.15) is 0 Å². The molecule has 0 aromatic heterocycles. The average molecular weight is 403 g/mol. The van der Waals surface area contributed by atoms with Gasteiger partial charge in [-0.2, -0.15) is 0 Å². The summed E-state index contributed by atoms with van der Waals surface area (Å²) in [6.07, 6.45) is 0. The lowest BCUT2D eigenvalue weighted by atomic mass is 10.1. The molecule has 1 heterocycles. The minimum atomic E-state index is -4.04. The van der Waals surface area contributed by atoms with Crippen LogP contribution in [-0.4, -0.2) is 34.6 Å². The molecule has 1 aliphatic rings. The molecular weight excluding hydrogens is 384 g/mol. The van der Waals surface area contributed by atoms with Crippen LogP contribution >= 0.6 is 0 Å². The van der Waals surface area contributed by atoms with E-state index in [1.54, 1.807) is 18.2 Å². The van der Waals surface area contributed by atoms with Crippen LogP contribution in [0.2, 0.25) is 0 Å². The first-order valence-corrected chi connectivity index (χ1v) is 10.4. The Bertz CT molecular complexity index is 1110. The fourth-order valence-electron chi connectivity index (χ4n) is 3.49. The Labute approximate surface area is 162 Å². The van der Waals surface area contributed by atoms with Crippen LogP contribution in [0.3, 0.4) is 0 Å². The molecule has 3 aromatic rings. The van der Waals surface area contributed by atoms with Gasteiger partial charge in [0, 0.05) is 48.7 Å². The number of sulfonamides is 1. The summed E-state index contributed by atoms with van der Waals surface area (Å²) in [6, 6.07) is 13.2. The summed E-state index contributed by atoms with van der Waals surface area (Å²) in [5.41, 5.74) is 0.806. The Kier molecular flexibility index (Phi) is 4.91. The van der Waals surface area contributed by atoms with Crippen LogP contribution in [0.4, 0.5) is 20.2 Å². The summed E-state index contributed by atoms with van der Waals surface area (Å²) < 4.78 is 55.0. The number of rotatable bonds is 4. The van der Waals surface area contributed by atoms with Crippen molar-refractivity contribution in [3.8, 4) is 0 Å². The van der Waals surface area contributed by atoms with Crippen LogP contribution in [0.15, 0.2) is 59.5 Å². The van der Waals surface area contributed by atoms with Crippen molar-refractivity contribution in [2.45, 2.75) is 4.90 Å². The first kappa shape index (κ1) is 18.6. The first-order chi connectivity index (χ1) is 13.4. The van der Waals surface area contributed by atoms with Crippen molar-refractivity contribution in [1.29, 1.82) is 0 Å². The molecule has 0 bridgehead atoms. The Morgan fingerprint density at radius 2 is 1.54 bits per heavy atom. The maximum Gasteiger partial charge on any atom is 0.262 e. The van der Waals surface area contributed by atoms with Gasteiger partial charge in [-0.15, -0.1) is 0 Å². The number of nitrogens with one attached hydrogen (secondary N) is 2. The number of anilines is 2. The fraction of sp³-hybridized carbons (Fsp3) is 0.200. The van der Waals surface area contributed by atoms with Crippen molar-refractivity contribution in [1.82, 2.24) is 5.32 Å². The van der Waals surface area contributed by atoms with Crippen LogP contribution in [-0.2, 0) is 10.0 Å². The van der Waals surface area contributed by atoms with Gasteiger partial charge < -0.3 is 10.2 Å². The fourth-order valence-corrected chi connectivity index (χ4v) is 4.75. The molecule has 1 saturated heterocycles. The van der Waals surface area contributed by atoms with Gasteiger partial charge in [0.2, 0.25) is 0 Å². The highest BCUT2D eigenvalue weighted by Crippen LogP contribution is 2.33. The third-order valence-electron chi connectivity index (χ3n) is 4.72. The van der Waals surface area contributed by atoms with E-state index < -0.39 is 21.7 Å². The van der Waals surface area contributed by atoms with Crippen molar-refractivity contribution >= 4 is 32.2 Å². The smallest absolute Gasteiger partial charge is 0.262 e. The van der Waals surface area contributed by atoms with Crippen molar-refractivity contribution < 1.29 is 17.2 Å². The molecule has 0 spiro atoms. The van der Waals surface area contributed by atoms with Gasteiger partial charge in [0.05, 0.1) is 10.6 Å². The summed E-state index contributed by atoms with van der Waals surface area (Å²) in [4.78, 5) is 2.27. The maximum absolute atomic E-state index is 13.4. The molecule has 0 amide bonds. The lowest BCUT2D eigenvalue weighted by Crippen LogP contribution is -2.43. The van der Waals surface area contributed by atoms with E-state index in [1.807, 2.05) is 12.1 Å². The highest BCUT2D eigenvalue weighted by molar-refractivity contribution is 7.93. The summed E-state index contributed by atoms with van der Waals surface area (Å²) in [6.45, 7) is 3.38. The number of nitrogens with zero attached hydrogens (tertiary/aromatic N) is 1. The van der Waals surface area contributed by atoms with E-state index in [0.717, 1.165) is 49.4 Å². The van der Waals surface area contributed by atoms with Crippen molar-refractivity contribution in [3.63, 3.8) is 0 Å². The second kappa shape index (κ2) is 7.37. The normalized spacial score (nSPS) is 15.0. The second-order valence-electron chi connectivity index (χ2n) is 6.63. The molecule has 2 N–H and O–H groups in total. The van der Waals surface area contributed by atoms with E-state index >= 15 is 0 Å². The molecule has 1 aliphatic heterocycles. The summed E-state index contributed by atoms with van der Waals surface area (Å²) in [7, 11) is -4.04. The molecule has 0 unspecified atom stereocenters. The Morgan fingerprint density at radius 3 is 2.21 bits per heavy atom. The number of piperazine rings is 1. The molecule has 146 valence electrons. The molecule has 1 fully saturated rings. The Balaban J connectivity index is 1.78. The molecular formula is C20H19F2N3O2S. The summed E-state index contributed by atoms with van der Waals surface area (Å²) >= 11 is 0. The summed E-state index contributed by atoms with van der Waals surface area (Å²) in [5, 5.41) is 4.67. The number of hydrogen-bond donors (Lipinski definition) is 2. The van der Waals surface area contributed by atoms with E-state index in [9.17, 15) is 17.2 Å². The zero-order valence-electron chi connectivity index (χ0n) is 15.0. The zero-order chi connectivity index (χ0) is 19.7. The molecule has 28 heavy (non-hydrogen) atoms. The van der Waals surface area contributed by atoms with E-state index in [-0.39, 0.29) is 10.6 Å². The van der Waals surface area contributed by atoms with Crippen molar-refractivity contribution in [2.75, 3.05) is 35.8 Å². The Hall–Kier alpha value is -2.71. The first-order valence-electron chi connectivity index (χ1n) is 8.90. The monoisotopic (exact) mass is 403 g/mol. The lowest BCUT2D eigenvalue weighted by molar-refractivity contribution is 0.584. The predicted molar refractivity (Wildman–Crippen MR) is 106 cm³/mol. The second-order valence-corrected chi connectivity index (χ2v) is 8.28. The molecule has 8 heteroatoms. The van der Waals surface area contributed by atoms with Crippen LogP contribution < -0.4 is 14.9 Å². The van der Waals surface area contributed by atoms with Gasteiger partial charge in [-0.05, 0) is 24.3 Å². The van der Waals surface area contributed by atoms with Crippen LogP contribution in [0.5, 0.6) is 0 Å². The molecule has 4 rings (SSSR count). The molecule has 3 aromatic carbocycles. The molecule has 5 nitrogen and oxygen atoms in total. The number of hydrogen-bond acceptors (Lipinski definition) is 4. The number of benzene rings is 3. The van der Waals surface area contributed by atoms with Gasteiger partial charge >= 0.3 is 0 Å². The average Bonchev–Trinajstić information content (AvgIpc) is 2.66.